The van der Waals surface area contributed by atoms with Crippen molar-refractivity contribution in [2.75, 3.05) is 5.75 Å². The first-order valence-electron chi connectivity index (χ1n) is 6.53. The lowest BCUT2D eigenvalue weighted by Crippen LogP contribution is -2.13. The molecule has 0 radical (unpaired) electrons. The number of nitrogens with zero attached hydrogens (tertiary/aromatic N) is 1. The highest BCUT2D eigenvalue weighted by molar-refractivity contribution is 7.99. The van der Waals surface area contributed by atoms with E-state index in [2.05, 4.69) is 24.0 Å². The molecule has 0 bridgehead atoms. The number of hydrogen-bond acceptors (Lipinski definition) is 3. The highest BCUT2D eigenvalue weighted by atomic mass is 32.2. The molecule has 0 spiro atoms. The van der Waals surface area contributed by atoms with Crippen molar-refractivity contribution in [3.63, 3.8) is 0 Å². The zero-order chi connectivity index (χ0) is 12.5. The van der Waals surface area contributed by atoms with Crippen LogP contribution in [0, 0.1) is 0 Å². The molecule has 18 heavy (non-hydrogen) atoms. The summed E-state index contributed by atoms with van der Waals surface area (Å²) in [4.78, 5) is 6.01. The van der Waals surface area contributed by atoms with Crippen molar-refractivity contribution in [1.29, 1.82) is 0 Å². The van der Waals surface area contributed by atoms with E-state index in [1.807, 2.05) is 23.9 Å². The Kier molecular flexibility index (Phi) is 3.27. The predicted octanol–water partition coefficient (Wildman–Crippen LogP) is 3.72. The van der Waals surface area contributed by atoms with Crippen LogP contribution in [0.1, 0.15) is 37.1 Å². The lowest BCUT2D eigenvalue weighted by Gasteiger charge is -2.23. The Labute approximate surface area is 111 Å². The van der Waals surface area contributed by atoms with Gasteiger partial charge in [-0.05, 0) is 36.6 Å². The van der Waals surface area contributed by atoms with Gasteiger partial charge in [-0.25, -0.2) is 4.98 Å². The van der Waals surface area contributed by atoms with Crippen molar-refractivity contribution in [3.8, 4) is 0 Å². The van der Waals surface area contributed by atoms with Crippen LogP contribution in [-0.4, -0.2) is 15.8 Å². The number of aliphatic hydroxyl groups is 1. The maximum absolute atomic E-state index is 10.1. The average Bonchev–Trinajstić information content (AvgIpc) is 2.40. The third-order valence-electron chi connectivity index (χ3n) is 3.48. The maximum atomic E-state index is 10.1. The van der Waals surface area contributed by atoms with Gasteiger partial charge < -0.3 is 5.11 Å². The van der Waals surface area contributed by atoms with Crippen molar-refractivity contribution >= 4 is 22.7 Å². The lowest BCUT2D eigenvalue weighted by molar-refractivity contribution is 0.151. The van der Waals surface area contributed by atoms with E-state index in [1.54, 1.807) is 0 Å². The van der Waals surface area contributed by atoms with Gasteiger partial charge >= 0.3 is 0 Å². The van der Waals surface area contributed by atoms with E-state index < -0.39 is 0 Å². The van der Waals surface area contributed by atoms with Gasteiger partial charge in [0.15, 0.2) is 0 Å². The Morgan fingerprint density at radius 1 is 1.39 bits per heavy atom. The first-order chi connectivity index (χ1) is 8.81. The Morgan fingerprint density at radius 2 is 2.22 bits per heavy atom. The fourth-order valence-electron chi connectivity index (χ4n) is 2.67. The lowest BCUT2D eigenvalue weighted by atomic mass is 9.92. The number of fused-ring (bicyclic) bond motifs is 2. The molecular weight excluding hydrogens is 242 g/mol. The van der Waals surface area contributed by atoms with Crippen LogP contribution in [0.5, 0.6) is 0 Å². The summed E-state index contributed by atoms with van der Waals surface area (Å²) in [5, 5.41) is 11.4. The quantitative estimate of drug-likeness (QED) is 0.834. The van der Waals surface area contributed by atoms with Crippen LogP contribution in [-0.2, 0) is 6.42 Å². The van der Waals surface area contributed by atoms with E-state index in [0.29, 0.717) is 0 Å². The third-order valence-corrected chi connectivity index (χ3v) is 4.53. The molecule has 1 unspecified atom stereocenters. The largest absolute Gasteiger partial charge is 0.387 e. The normalized spacial score (nSPS) is 18.9. The molecule has 1 aliphatic carbocycles. The van der Waals surface area contributed by atoms with Gasteiger partial charge in [0.2, 0.25) is 0 Å². The minimum atomic E-state index is -0.380. The van der Waals surface area contributed by atoms with E-state index in [4.69, 9.17) is 0 Å². The number of pyridine rings is 1. The second kappa shape index (κ2) is 4.90. The standard InChI is InChI=1S/C15H17NOS/c1-2-18-15-10-6-3-4-8-12(10)16-14-11(15)7-5-9-13(14)17/h3-4,6,8,13,17H,2,5,7,9H2,1H3. The third kappa shape index (κ3) is 1.91. The minimum Gasteiger partial charge on any atom is -0.387 e. The van der Waals surface area contributed by atoms with Gasteiger partial charge in [-0.2, -0.15) is 0 Å². The SMILES string of the molecule is CCSc1c2c(nc3ccccc13)C(O)CCC2. The highest BCUT2D eigenvalue weighted by Crippen LogP contribution is 2.38. The molecule has 0 saturated heterocycles. The summed E-state index contributed by atoms with van der Waals surface area (Å²) < 4.78 is 0. The van der Waals surface area contributed by atoms with Crippen molar-refractivity contribution in [2.24, 2.45) is 0 Å². The molecule has 2 aromatic rings. The zero-order valence-corrected chi connectivity index (χ0v) is 11.3. The van der Waals surface area contributed by atoms with E-state index in [1.165, 1.54) is 15.8 Å². The van der Waals surface area contributed by atoms with Gasteiger partial charge in [0, 0.05) is 10.3 Å². The van der Waals surface area contributed by atoms with Gasteiger partial charge in [0.25, 0.3) is 0 Å². The van der Waals surface area contributed by atoms with Crippen LogP contribution < -0.4 is 0 Å². The summed E-state index contributed by atoms with van der Waals surface area (Å²) >= 11 is 1.87. The highest BCUT2D eigenvalue weighted by Gasteiger charge is 2.23. The molecule has 1 atom stereocenters. The van der Waals surface area contributed by atoms with Crippen LogP contribution in [0.15, 0.2) is 29.2 Å². The summed E-state index contributed by atoms with van der Waals surface area (Å²) in [6.45, 7) is 2.17. The summed E-state index contributed by atoms with van der Waals surface area (Å²) in [7, 11) is 0. The smallest absolute Gasteiger partial charge is 0.0963 e. The number of aromatic nitrogens is 1. The molecule has 1 heterocycles. The molecule has 94 valence electrons. The van der Waals surface area contributed by atoms with E-state index >= 15 is 0 Å². The van der Waals surface area contributed by atoms with Gasteiger partial charge in [0.05, 0.1) is 17.3 Å². The van der Waals surface area contributed by atoms with Crippen LogP contribution in [0.3, 0.4) is 0 Å². The molecule has 0 saturated carbocycles. The molecule has 3 rings (SSSR count). The second-order valence-corrected chi connectivity index (χ2v) is 5.94. The molecule has 1 aromatic heterocycles. The average molecular weight is 259 g/mol. The van der Waals surface area contributed by atoms with E-state index in [0.717, 1.165) is 36.2 Å². The number of benzene rings is 1. The van der Waals surface area contributed by atoms with Crippen molar-refractivity contribution < 1.29 is 5.11 Å². The van der Waals surface area contributed by atoms with Gasteiger partial charge in [-0.15, -0.1) is 11.8 Å². The molecular formula is C15H17NOS. The van der Waals surface area contributed by atoms with Crippen LogP contribution in [0.4, 0.5) is 0 Å². The number of aliphatic hydroxyl groups excluding tert-OH is 1. The van der Waals surface area contributed by atoms with Crippen LogP contribution in [0.25, 0.3) is 10.9 Å². The van der Waals surface area contributed by atoms with E-state index in [9.17, 15) is 5.11 Å². The Morgan fingerprint density at radius 3 is 3.06 bits per heavy atom. The Bertz CT molecular complexity index is 582. The Balaban J connectivity index is 2.30. The summed E-state index contributed by atoms with van der Waals surface area (Å²) in [6, 6.07) is 8.25. The molecule has 1 aromatic carbocycles. The zero-order valence-electron chi connectivity index (χ0n) is 10.5. The van der Waals surface area contributed by atoms with Crippen molar-refractivity contribution in [3.05, 3.63) is 35.5 Å². The fraction of sp³-hybridized carbons (Fsp3) is 0.400. The summed E-state index contributed by atoms with van der Waals surface area (Å²) in [5.41, 5.74) is 3.20. The minimum absolute atomic E-state index is 0.380. The number of thioether (sulfide) groups is 1. The molecule has 1 aliphatic rings. The summed E-state index contributed by atoms with van der Waals surface area (Å²) in [6.07, 6.45) is 2.57. The monoisotopic (exact) mass is 259 g/mol. The fourth-order valence-corrected chi connectivity index (χ4v) is 3.67. The molecule has 0 aliphatic heterocycles. The number of para-hydroxylation sites is 1. The predicted molar refractivity (Wildman–Crippen MR) is 76.0 cm³/mol. The van der Waals surface area contributed by atoms with Gasteiger partial charge in [-0.1, -0.05) is 25.1 Å². The van der Waals surface area contributed by atoms with Crippen LogP contribution >= 0.6 is 11.8 Å². The van der Waals surface area contributed by atoms with Crippen molar-refractivity contribution in [2.45, 2.75) is 37.2 Å². The second-order valence-electron chi connectivity index (χ2n) is 4.66. The number of hydrogen-bond donors (Lipinski definition) is 1. The molecule has 1 N–H and O–H groups in total. The van der Waals surface area contributed by atoms with Gasteiger partial charge in [0.1, 0.15) is 0 Å². The van der Waals surface area contributed by atoms with E-state index in [-0.39, 0.29) is 6.10 Å². The first kappa shape index (κ1) is 12.0. The molecule has 3 heteroatoms. The molecule has 0 fully saturated rings. The molecule has 0 amide bonds. The summed E-state index contributed by atoms with van der Waals surface area (Å²) in [5.74, 6) is 1.05. The van der Waals surface area contributed by atoms with Crippen molar-refractivity contribution in [1.82, 2.24) is 4.98 Å². The number of rotatable bonds is 2. The Hall–Kier alpha value is -1.06. The topological polar surface area (TPSA) is 33.1 Å². The van der Waals surface area contributed by atoms with Crippen LogP contribution in [0.2, 0.25) is 0 Å². The maximum Gasteiger partial charge on any atom is 0.0963 e. The van der Waals surface area contributed by atoms with Gasteiger partial charge in [-0.3, -0.25) is 0 Å². The first-order valence-corrected chi connectivity index (χ1v) is 7.52. The molecule has 2 nitrogen and oxygen atoms in total.